The van der Waals surface area contributed by atoms with Crippen molar-refractivity contribution in [3.63, 3.8) is 0 Å². The molecular weight excluding hydrogens is 340 g/mol. The number of halogens is 3. The zero-order valence-corrected chi connectivity index (χ0v) is 13.7. The van der Waals surface area contributed by atoms with E-state index in [9.17, 15) is 9.18 Å². The molecule has 1 amide bonds. The maximum absolute atomic E-state index is 13.6. The van der Waals surface area contributed by atoms with Gasteiger partial charge < -0.3 is 9.80 Å². The number of carbonyl (C=O) groups excluding carboxylic acids is 1. The van der Waals surface area contributed by atoms with Gasteiger partial charge in [-0.15, -0.1) is 0 Å². The number of hydrogen-bond donors (Lipinski definition) is 0. The highest BCUT2D eigenvalue weighted by Gasteiger charge is 2.24. The molecule has 1 aromatic heterocycles. The number of hydrogen-bond acceptors (Lipinski definition) is 3. The molecule has 2 heterocycles. The molecule has 0 spiro atoms. The topological polar surface area (TPSA) is 36.4 Å². The van der Waals surface area contributed by atoms with Crippen LogP contribution in [-0.4, -0.2) is 42.0 Å². The molecule has 2 aromatic rings. The van der Waals surface area contributed by atoms with Gasteiger partial charge in [0.1, 0.15) is 0 Å². The van der Waals surface area contributed by atoms with E-state index in [1.807, 2.05) is 12.1 Å². The number of anilines is 1. The molecule has 7 heteroatoms. The van der Waals surface area contributed by atoms with Crippen molar-refractivity contribution in [3.8, 4) is 0 Å². The van der Waals surface area contributed by atoms with Gasteiger partial charge in [0.25, 0.3) is 5.91 Å². The molecule has 1 aliphatic heterocycles. The molecule has 0 unspecified atom stereocenters. The fraction of sp³-hybridized carbons (Fsp3) is 0.250. The first-order valence-electron chi connectivity index (χ1n) is 7.16. The zero-order chi connectivity index (χ0) is 16.4. The van der Waals surface area contributed by atoms with Crippen LogP contribution in [0.25, 0.3) is 0 Å². The highest BCUT2D eigenvalue weighted by Crippen LogP contribution is 2.27. The first-order valence-corrected chi connectivity index (χ1v) is 7.91. The molecule has 3 rings (SSSR count). The second kappa shape index (κ2) is 6.72. The quantitative estimate of drug-likeness (QED) is 0.775. The van der Waals surface area contributed by atoms with Gasteiger partial charge in [-0.25, -0.2) is 4.98 Å². The van der Waals surface area contributed by atoms with Gasteiger partial charge in [0, 0.05) is 38.1 Å². The Balaban J connectivity index is 1.67. The Kier molecular flexibility index (Phi) is 4.68. The SMILES string of the molecule is O=C(c1cccnc1F)N1CCN(c2ccc(Cl)c(Cl)c2)CC1. The summed E-state index contributed by atoms with van der Waals surface area (Å²) in [6.07, 6.45) is 1.33. The van der Waals surface area contributed by atoms with Gasteiger partial charge in [-0.05, 0) is 30.3 Å². The number of carbonyl (C=O) groups is 1. The summed E-state index contributed by atoms with van der Waals surface area (Å²) in [4.78, 5) is 19.6. The molecule has 1 fully saturated rings. The molecule has 0 atom stereocenters. The molecule has 1 saturated heterocycles. The number of pyridine rings is 1. The molecular formula is C16H14Cl2FN3O. The monoisotopic (exact) mass is 353 g/mol. The lowest BCUT2D eigenvalue weighted by molar-refractivity contribution is 0.0741. The van der Waals surface area contributed by atoms with Crippen LogP contribution >= 0.6 is 23.2 Å². The molecule has 0 aliphatic carbocycles. The molecule has 0 bridgehead atoms. The maximum Gasteiger partial charge on any atom is 0.258 e. The van der Waals surface area contributed by atoms with Crippen molar-refractivity contribution in [3.05, 3.63) is 58.1 Å². The lowest BCUT2D eigenvalue weighted by Gasteiger charge is -2.36. The number of aromatic nitrogens is 1. The fourth-order valence-electron chi connectivity index (χ4n) is 2.57. The van der Waals surface area contributed by atoms with Crippen LogP contribution in [0.2, 0.25) is 10.0 Å². The van der Waals surface area contributed by atoms with E-state index in [2.05, 4.69) is 9.88 Å². The first-order chi connectivity index (χ1) is 11.1. The Hall–Kier alpha value is -1.85. The van der Waals surface area contributed by atoms with Crippen molar-refractivity contribution in [2.75, 3.05) is 31.1 Å². The molecule has 23 heavy (non-hydrogen) atoms. The van der Waals surface area contributed by atoms with E-state index in [4.69, 9.17) is 23.2 Å². The van der Waals surface area contributed by atoms with E-state index in [-0.39, 0.29) is 11.5 Å². The lowest BCUT2D eigenvalue weighted by atomic mass is 10.2. The predicted octanol–water partition coefficient (Wildman–Crippen LogP) is 3.49. The fourth-order valence-corrected chi connectivity index (χ4v) is 2.86. The van der Waals surface area contributed by atoms with Crippen molar-refractivity contribution < 1.29 is 9.18 Å². The second-order valence-corrected chi connectivity index (χ2v) is 6.03. The standard InChI is InChI=1S/C16H14Cl2FN3O/c17-13-4-3-11(10-14(13)18)21-6-8-22(9-7-21)16(23)12-2-1-5-20-15(12)19/h1-5,10H,6-9H2. The number of rotatable bonds is 2. The van der Waals surface area contributed by atoms with Crippen molar-refractivity contribution in [1.82, 2.24) is 9.88 Å². The van der Waals surface area contributed by atoms with Gasteiger partial charge in [0.05, 0.1) is 15.6 Å². The van der Waals surface area contributed by atoms with E-state index >= 15 is 0 Å². The van der Waals surface area contributed by atoms with Gasteiger partial charge in [-0.2, -0.15) is 4.39 Å². The number of nitrogens with zero attached hydrogens (tertiary/aromatic N) is 3. The lowest BCUT2D eigenvalue weighted by Crippen LogP contribution is -2.49. The number of benzene rings is 1. The molecule has 4 nitrogen and oxygen atoms in total. The summed E-state index contributed by atoms with van der Waals surface area (Å²) >= 11 is 12.0. The highest BCUT2D eigenvalue weighted by atomic mass is 35.5. The van der Waals surface area contributed by atoms with Crippen LogP contribution in [-0.2, 0) is 0 Å². The van der Waals surface area contributed by atoms with Crippen LogP contribution in [0.3, 0.4) is 0 Å². The minimum Gasteiger partial charge on any atom is -0.368 e. The molecule has 0 saturated carbocycles. The van der Waals surface area contributed by atoms with E-state index in [1.54, 1.807) is 17.0 Å². The minimum absolute atomic E-state index is 0.00971. The third kappa shape index (κ3) is 3.41. The Morgan fingerprint density at radius 1 is 1.09 bits per heavy atom. The van der Waals surface area contributed by atoms with Gasteiger partial charge in [-0.3, -0.25) is 4.79 Å². The molecule has 0 N–H and O–H groups in total. The van der Waals surface area contributed by atoms with Crippen LogP contribution in [0.4, 0.5) is 10.1 Å². The molecule has 1 aliphatic rings. The van der Waals surface area contributed by atoms with Crippen LogP contribution < -0.4 is 4.90 Å². The van der Waals surface area contributed by atoms with E-state index in [0.717, 1.165) is 5.69 Å². The smallest absolute Gasteiger partial charge is 0.258 e. The Morgan fingerprint density at radius 3 is 2.48 bits per heavy atom. The minimum atomic E-state index is -0.732. The van der Waals surface area contributed by atoms with Crippen molar-refractivity contribution in [2.45, 2.75) is 0 Å². The number of amides is 1. The zero-order valence-electron chi connectivity index (χ0n) is 12.2. The van der Waals surface area contributed by atoms with Crippen LogP contribution in [0.15, 0.2) is 36.5 Å². The van der Waals surface area contributed by atoms with E-state index < -0.39 is 5.95 Å². The van der Waals surface area contributed by atoms with Crippen LogP contribution in [0.1, 0.15) is 10.4 Å². The van der Waals surface area contributed by atoms with Gasteiger partial charge >= 0.3 is 0 Å². The molecule has 0 radical (unpaired) electrons. The average molecular weight is 354 g/mol. The third-order valence-electron chi connectivity index (χ3n) is 3.82. The number of piperazine rings is 1. The predicted molar refractivity (Wildman–Crippen MR) is 88.8 cm³/mol. The van der Waals surface area contributed by atoms with Crippen LogP contribution in [0, 0.1) is 5.95 Å². The van der Waals surface area contributed by atoms with Crippen molar-refractivity contribution in [2.24, 2.45) is 0 Å². The van der Waals surface area contributed by atoms with Gasteiger partial charge in [-0.1, -0.05) is 23.2 Å². The van der Waals surface area contributed by atoms with Crippen molar-refractivity contribution in [1.29, 1.82) is 0 Å². The summed E-state index contributed by atoms with van der Waals surface area (Å²) in [5.74, 6) is -1.06. The Bertz CT molecular complexity index is 733. The maximum atomic E-state index is 13.6. The van der Waals surface area contributed by atoms with Crippen LogP contribution in [0.5, 0.6) is 0 Å². The highest BCUT2D eigenvalue weighted by molar-refractivity contribution is 6.42. The summed E-state index contributed by atoms with van der Waals surface area (Å²) < 4.78 is 13.6. The van der Waals surface area contributed by atoms with Gasteiger partial charge in [0.15, 0.2) is 0 Å². The molecule has 1 aromatic carbocycles. The third-order valence-corrected chi connectivity index (χ3v) is 4.56. The Labute approximate surface area is 143 Å². The van der Waals surface area contributed by atoms with Crippen molar-refractivity contribution >= 4 is 34.8 Å². The average Bonchev–Trinajstić information content (AvgIpc) is 2.57. The van der Waals surface area contributed by atoms with Gasteiger partial charge in [0.2, 0.25) is 5.95 Å². The summed E-state index contributed by atoms with van der Waals surface area (Å²) in [7, 11) is 0. The summed E-state index contributed by atoms with van der Waals surface area (Å²) in [6, 6.07) is 8.47. The first kappa shape index (κ1) is 16.0. The summed E-state index contributed by atoms with van der Waals surface area (Å²) in [5.41, 5.74) is 0.967. The second-order valence-electron chi connectivity index (χ2n) is 5.22. The summed E-state index contributed by atoms with van der Waals surface area (Å²) in [6.45, 7) is 2.30. The van der Waals surface area contributed by atoms with E-state index in [1.165, 1.54) is 12.3 Å². The summed E-state index contributed by atoms with van der Waals surface area (Å²) in [5, 5.41) is 1.01. The largest absolute Gasteiger partial charge is 0.368 e. The van der Waals surface area contributed by atoms with E-state index in [0.29, 0.717) is 36.2 Å². The molecule has 120 valence electrons. The normalized spacial score (nSPS) is 14.9. The Morgan fingerprint density at radius 2 is 1.83 bits per heavy atom.